The maximum atomic E-state index is 13.0. The highest BCUT2D eigenvalue weighted by atomic mass is 16.4. The topological polar surface area (TPSA) is 213 Å². The predicted molar refractivity (Wildman–Crippen MR) is 112 cm³/mol. The number of rotatable bonds is 11. The van der Waals surface area contributed by atoms with Gasteiger partial charge >= 0.3 is 11.9 Å². The van der Waals surface area contributed by atoms with Crippen molar-refractivity contribution in [2.24, 2.45) is 11.5 Å². The molecule has 4 amide bonds. The first kappa shape index (κ1) is 26.0. The van der Waals surface area contributed by atoms with E-state index in [4.69, 9.17) is 16.6 Å². The number of primary amides is 1. The van der Waals surface area contributed by atoms with Crippen LogP contribution in [0.4, 0.5) is 0 Å². The zero-order chi connectivity index (χ0) is 24.7. The van der Waals surface area contributed by atoms with Gasteiger partial charge in [0.25, 0.3) is 0 Å². The monoisotopic (exact) mass is 469 g/mol. The van der Waals surface area contributed by atoms with E-state index in [2.05, 4.69) is 5.32 Å². The van der Waals surface area contributed by atoms with Crippen LogP contribution < -0.4 is 16.8 Å². The van der Waals surface area contributed by atoms with Gasteiger partial charge in [-0.1, -0.05) is 0 Å². The molecule has 2 rings (SSSR count). The van der Waals surface area contributed by atoms with Gasteiger partial charge in [0, 0.05) is 25.9 Å². The summed E-state index contributed by atoms with van der Waals surface area (Å²) in [7, 11) is 0. The molecule has 0 aromatic heterocycles. The van der Waals surface area contributed by atoms with E-state index in [-0.39, 0.29) is 38.8 Å². The second-order valence-electron chi connectivity index (χ2n) is 8.32. The van der Waals surface area contributed by atoms with Crippen molar-refractivity contribution < 1.29 is 39.0 Å². The summed E-state index contributed by atoms with van der Waals surface area (Å²) in [5.74, 6) is -4.76. The molecule has 0 saturated carbocycles. The smallest absolute Gasteiger partial charge is 0.326 e. The van der Waals surface area contributed by atoms with Crippen molar-refractivity contribution in [3.63, 3.8) is 0 Å². The summed E-state index contributed by atoms with van der Waals surface area (Å²) in [6.07, 6.45) is 0.920. The van der Waals surface area contributed by atoms with Crippen LogP contribution in [-0.2, 0) is 28.8 Å². The molecule has 0 radical (unpaired) electrons. The maximum Gasteiger partial charge on any atom is 0.326 e. The summed E-state index contributed by atoms with van der Waals surface area (Å²) in [6.45, 7) is 0.458. The average Bonchev–Trinajstić information content (AvgIpc) is 3.43. The quantitative estimate of drug-likeness (QED) is 0.226. The predicted octanol–water partition coefficient (Wildman–Crippen LogP) is -2.00. The number of likely N-dealkylation sites (tertiary alicyclic amines) is 2. The van der Waals surface area contributed by atoms with Gasteiger partial charge in [-0.15, -0.1) is 0 Å². The van der Waals surface area contributed by atoms with Gasteiger partial charge in [0.2, 0.25) is 23.6 Å². The molecule has 2 saturated heterocycles. The number of hydrogen-bond donors (Lipinski definition) is 5. The Morgan fingerprint density at radius 2 is 1.45 bits per heavy atom. The fourth-order valence-corrected chi connectivity index (χ4v) is 4.22. The van der Waals surface area contributed by atoms with Crippen molar-refractivity contribution in [3.05, 3.63) is 0 Å². The number of nitrogens with zero attached hydrogens (tertiary/aromatic N) is 2. The third-order valence-corrected chi connectivity index (χ3v) is 5.94. The van der Waals surface area contributed by atoms with E-state index in [1.807, 2.05) is 0 Å². The standard InChI is InChI=1S/C20H31N5O8/c21-11(5-7-15(22)26)18(30)24-9-1-3-13(24)17(29)23-12(6-8-16(27)28)19(31)25-10-2-4-14(25)20(32)33/h11-14H,1-10,21H2,(H2,22,26)(H,23,29)(H,27,28)(H,32,33). The largest absolute Gasteiger partial charge is 0.481 e. The van der Waals surface area contributed by atoms with Crippen LogP contribution in [0.15, 0.2) is 0 Å². The van der Waals surface area contributed by atoms with Gasteiger partial charge in [-0.25, -0.2) is 4.79 Å². The molecule has 4 unspecified atom stereocenters. The van der Waals surface area contributed by atoms with Crippen molar-refractivity contribution in [1.29, 1.82) is 0 Å². The molecule has 7 N–H and O–H groups in total. The molecule has 0 aromatic rings. The Bertz CT molecular complexity index is 803. The second kappa shape index (κ2) is 11.6. The van der Waals surface area contributed by atoms with E-state index in [0.717, 1.165) is 4.90 Å². The van der Waals surface area contributed by atoms with Crippen molar-refractivity contribution in [2.75, 3.05) is 13.1 Å². The van der Waals surface area contributed by atoms with Crippen molar-refractivity contribution >= 4 is 35.6 Å². The Balaban J connectivity index is 2.11. The van der Waals surface area contributed by atoms with Gasteiger partial charge in [-0.3, -0.25) is 24.0 Å². The molecule has 0 aromatic carbocycles. The van der Waals surface area contributed by atoms with Gasteiger partial charge < -0.3 is 36.8 Å². The third-order valence-electron chi connectivity index (χ3n) is 5.94. The Morgan fingerprint density at radius 3 is 2.00 bits per heavy atom. The lowest BCUT2D eigenvalue weighted by Gasteiger charge is -2.30. The van der Waals surface area contributed by atoms with Crippen LogP contribution in [0, 0.1) is 0 Å². The number of hydrogen-bond acceptors (Lipinski definition) is 7. The summed E-state index contributed by atoms with van der Waals surface area (Å²) >= 11 is 0. The number of nitrogens with two attached hydrogens (primary N) is 2. The highest BCUT2D eigenvalue weighted by Gasteiger charge is 2.40. The Kier molecular flexibility index (Phi) is 9.14. The summed E-state index contributed by atoms with van der Waals surface area (Å²) < 4.78 is 0. The summed E-state index contributed by atoms with van der Waals surface area (Å²) in [5.41, 5.74) is 10.9. The Hall–Kier alpha value is -3.22. The van der Waals surface area contributed by atoms with Crippen LogP contribution in [0.3, 0.4) is 0 Å². The number of aliphatic carboxylic acids is 2. The molecule has 4 atom stereocenters. The number of nitrogens with one attached hydrogen (secondary N) is 1. The zero-order valence-electron chi connectivity index (χ0n) is 18.3. The summed E-state index contributed by atoms with van der Waals surface area (Å²) in [4.78, 5) is 74.6. The fraction of sp³-hybridized carbons (Fsp3) is 0.700. The summed E-state index contributed by atoms with van der Waals surface area (Å²) in [6, 6.07) is -4.20. The molecular formula is C20H31N5O8. The molecule has 2 aliphatic rings. The Labute approximate surface area is 190 Å². The maximum absolute atomic E-state index is 13.0. The van der Waals surface area contributed by atoms with E-state index >= 15 is 0 Å². The number of carbonyl (C=O) groups is 6. The average molecular weight is 469 g/mol. The first-order valence-electron chi connectivity index (χ1n) is 10.9. The van der Waals surface area contributed by atoms with Gasteiger partial charge in [0.15, 0.2) is 0 Å². The fourth-order valence-electron chi connectivity index (χ4n) is 4.22. The van der Waals surface area contributed by atoms with E-state index in [9.17, 15) is 33.9 Å². The van der Waals surface area contributed by atoms with E-state index in [1.165, 1.54) is 4.90 Å². The minimum absolute atomic E-state index is 0.0320. The number of amides is 4. The third kappa shape index (κ3) is 6.88. The van der Waals surface area contributed by atoms with Crippen LogP contribution >= 0.6 is 0 Å². The SMILES string of the molecule is NC(=O)CCC(N)C(=O)N1CCCC1C(=O)NC(CCC(=O)O)C(=O)N1CCCC1C(=O)O. The summed E-state index contributed by atoms with van der Waals surface area (Å²) in [5, 5.41) is 20.9. The van der Waals surface area contributed by atoms with Gasteiger partial charge in [-0.2, -0.15) is 0 Å². The number of carboxylic acids is 2. The normalized spacial score (nSPS) is 22.0. The van der Waals surface area contributed by atoms with Crippen LogP contribution in [0.1, 0.15) is 51.4 Å². The molecule has 13 heteroatoms. The first-order valence-corrected chi connectivity index (χ1v) is 10.9. The molecule has 2 fully saturated rings. The van der Waals surface area contributed by atoms with Gasteiger partial charge in [-0.05, 0) is 38.5 Å². The number of carbonyl (C=O) groups excluding carboxylic acids is 4. The van der Waals surface area contributed by atoms with Crippen LogP contribution in [-0.4, -0.2) is 92.8 Å². The van der Waals surface area contributed by atoms with Crippen LogP contribution in [0.5, 0.6) is 0 Å². The lowest BCUT2D eigenvalue weighted by molar-refractivity contribution is -0.150. The van der Waals surface area contributed by atoms with E-state index < -0.39 is 66.2 Å². The molecule has 0 spiro atoms. The zero-order valence-corrected chi connectivity index (χ0v) is 18.3. The first-order chi connectivity index (χ1) is 15.5. The van der Waals surface area contributed by atoms with Gasteiger partial charge in [0.1, 0.15) is 18.1 Å². The van der Waals surface area contributed by atoms with Crippen molar-refractivity contribution in [3.8, 4) is 0 Å². The van der Waals surface area contributed by atoms with Crippen LogP contribution in [0.25, 0.3) is 0 Å². The highest BCUT2D eigenvalue weighted by molar-refractivity contribution is 5.95. The van der Waals surface area contributed by atoms with Crippen molar-refractivity contribution in [1.82, 2.24) is 15.1 Å². The molecular weight excluding hydrogens is 438 g/mol. The van der Waals surface area contributed by atoms with Gasteiger partial charge in [0.05, 0.1) is 6.04 Å². The molecule has 13 nitrogen and oxygen atoms in total. The Morgan fingerprint density at radius 1 is 0.879 bits per heavy atom. The second-order valence-corrected chi connectivity index (χ2v) is 8.32. The minimum Gasteiger partial charge on any atom is -0.481 e. The highest BCUT2D eigenvalue weighted by Crippen LogP contribution is 2.22. The molecule has 2 aliphatic heterocycles. The van der Waals surface area contributed by atoms with Crippen LogP contribution in [0.2, 0.25) is 0 Å². The lowest BCUT2D eigenvalue weighted by atomic mass is 10.1. The molecule has 184 valence electrons. The molecule has 0 bridgehead atoms. The minimum atomic E-state index is -1.24. The molecule has 2 heterocycles. The van der Waals surface area contributed by atoms with Crippen molar-refractivity contribution in [2.45, 2.75) is 75.5 Å². The lowest BCUT2D eigenvalue weighted by Crippen LogP contribution is -2.56. The molecule has 0 aliphatic carbocycles. The van der Waals surface area contributed by atoms with E-state index in [1.54, 1.807) is 0 Å². The molecule has 33 heavy (non-hydrogen) atoms. The van der Waals surface area contributed by atoms with E-state index in [0.29, 0.717) is 19.3 Å². The number of carboxylic acid groups (broad SMARTS) is 2.